The van der Waals surface area contributed by atoms with Gasteiger partial charge in [-0.05, 0) is 57.8 Å². The Bertz CT molecular complexity index is 1310. The number of carbonyl (C=O) groups excluding carboxylic acids is 3. The van der Waals surface area contributed by atoms with Gasteiger partial charge in [0.2, 0.25) is 0 Å². The number of esters is 3. The van der Waals surface area contributed by atoms with E-state index in [1.54, 1.807) is 0 Å². The highest BCUT2D eigenvalue weighted by Gasteiger charge is 2.19. The third kappa shape index (κ3) is 55.8. The molecule has 6 nitrogen and oxygen atoms in total. The molecule has 0 unspecified atom stereocenters. The van der Waals surface area contributed by atoms with Crippen LogP contribution in [0.4, 0.5) is 0 Å². The zero-order chi connectivity index (χ0) is 50.7. The fraction of sp³-hybridized carbons (Fsp3) is 0.766. The Kier molecular flexibility index (Phi) is 55.8. The first-order valence-corrected chi connectivity index (χ1v) is 29.9. The maximum atomic E-state index is 12.9. The lowest BCUT2D eigenvalue weighted by Gasteiger charge is -2.18. The van der Waals surface area contributed by atoms with E-state index in [1.165, 1.54) is 173 Å². The third-order valence-electron chi connectivity index (χ3n) is 13.0. The summed E-state index contributed by atoms with van der Waals surface area (Å²) in [6, 6.07) is 0. The molecule has 0 aliphatic carbocycles. The second-order valence-corrected chi connectivity index (χ2v) is 19.9. The average Bonchev–Trinajstić information content (AvgIpc) is 3.36. The normalized spacial score (nSPS) is 12.6. The predicted molar refractivity (Wildman–Crippen MR) is 302 cm³/mol. The van der Waals surface area contributed by atoms with Crippen molar-refractivity contribution >= 4 is 17.9 Å². The maximum absolute atomic E-state index is 12.9. The number of rotatable bonds is 54. The van der Waals surface area contributed by atoms with E-state index < -0.39 is 6.10 Å². The molecule has 404 valence electrons. The molecule has 0 spiro atoms. The fourth-order valence-corrected chi connectivity index (χ4v) is 8.53. The van der Waals surface area contributed by atoms with Crippen LogP contribution in [0.25, 0.3) is 0 Å². The molecule has 0 N–H and O–H groups in total. The van der Waals surface area contributed by atoms with E-state index in [9.17, 15) is 14.4 Å². The minimum absolute atomic E-state index is 0.0944. The molecule has 0 aromatic heterocycles. The molecule has 0 rings (SSSR count). The number of carbonyl (C=O) groups is 3. The van der Waals surface area contributed by atoms with Gasteiger partial charge in [-0.25, -0.2) is 0 Å². The van der Waals surface area contributed by atoms with Crippen LogP contribution < -0.4 is 0 Å². The molecule has 70 heavy (non-hydrogen) atoms. The SMILES string of the molecule is CC/C=C\C/C=C\C/C=C\C/C=C\C/C=C\C/C=C\CCC(=O)OC[C@@H](COC(=O)CCCCCCCCCCCCCCCCC)OC(=O)CCCCCCCCCCCCCCCCCCCC. The van der Waals surface area contributed by atoms with E-state index in [0.717, 1.165) is 77.0 Å². The van der Waals surface area contributed by atoms with Crippen molar-refractivity contribution < 1.29 is 28.6 Å². The Morgan fingerprint density at radius 1 is 0.300 bits per heavy atom. The minimum atomic E-state index is -0.803. The zero-order valence-corrected chi connectivity index (χ0v) is 46.3. The second kappa shape index (κ2) is 58.4. The maximum Gasteiger partial charge on any atom is 0.306 e. The van der Waals surface area contributed by atoms with E-state index >= 15 is 0 Å². The second-order valence-electron chi connectivity index (χ2n) is 19.9. The first kappa shape index (κ1) is 66.9. The Morgan fingerprint density at radius 2 is 0.557 bits per heavy atom. The molecule has 0 radical (unpaired) electrons. The number of hydrogen-bond donors (Lipinski definition) is 0. The fourth-order valence-electron chi connectivity index (χ4n) is 8.53. The lowest BCUT2D eigenvalue weighted by molar-refractivity contribution is -0.166. The van der Waals surface area contributed by atoms with Crippen molar-refractivity contribution in [1.82, 2.24) is 0 Å². The van der Waals surface area contributed by atoms with Gasteiger partial charge in [-0.15, -0.1) is 0 Å². The van der Waals surface area contributed by atoms with Crippen LogP contribution >= 0.6 is 0 Å². The Balaban J connectivity index is 4.45. The molecule has 0 saturated carbocycles. The lowest BCUT2D eigenvalue weighted by atomic mass is 10.0. The van der Waals surface area contributed by atoms with E-state index in [1.807, 2.05) is 6.08 Å². The Hall–Kier alpha value is -3.15. The van der Waals surface area contributed by atoms with Gasteiger partial charge in [0.1, 0.15) is 13.2 Å². The van der Waals surface area contributed by atoms with Crippen molar-refractivity contribution in [3.8, 4) is 0 Å². The summed E-state index contributed by atoms with van der Waals surface area (Å²) in [6.45, 7) is 6.50. The monoisotopic (exact) mass is 977 g/mol. The molecule has 1 atom stereocenters. The van der Waals surface area contributed by atoms with Gasteiger partial charge in [0.25, 0.3) is 0 Å². The summed E-state index contributed by atoms with van der Waals surface area (Å²) in [5, 5.41) is 0. The van der Waals surface area contributed by atoms with Crippen molar-refractivity contribution in [2.45, 2.75) is 303 Å². The minimum Gasteiger partial charge on any atom is -0.462 e. The Morgan fingerprint density at radius 3 is 0.871 bits per heavy atom. The van der Waals surface area contributed by atoms with Gasteiger partial charge in [0, 0.05) is 19.3 Å². The molecule has 0 bridgehead atoms. The number of unbranched alkanes of at least 4 members (excludes halogenated alkanes) is 31. The molecule has 0 aromatic carbocycles. The topological polar surface area (TPSA) is 78.9 Å². The van der Waals surface area contributed by atoms with Gasteiger partial charge in [-0.1, -0.05) is 293 Å². The lowest BCUT2D eigenvalue weighted by Crippen LogP contribution is -2.30. The largest absolute Gasteiger partial charge is 0.462 e. The first-order chi connectivity index (χ1) is 34.5. The average molecular weight is 978 g/mol. The Labute approximate surface area is 433 Å². The number of ether oxygens (including phenoxy) is 3. The van der Waals surface area contributed by atoms with E-state index in [-0.39, 0.29) is 37.5 Å². The molecule has 0 fully saturated rings. The summed E-state index contributed by atoms with van der Waals surface area (Å²) in [4.78, 5) is 38.2. The van der Waals surface area contributed by atoms with Crippen molar-refractivity contribution in [1.29, 1.82) is 0 Å². The molecule has 0 amide bonds. The van der Waals surface area contributed by atoms with E-state index in [2.05, 4.69) is 87.6 Å². The standard InChI is InChI=1S/C64H112O6/c1-4-7-10-13-16-19-22-25-28-30-32-34-36-39-42-45-48-51-54-57-63(66)69-60-61(59-68-62(65)56-53-50-47-44-41-38-35-27-24-21-18-15-12-9-6-3)70-64(67)58-55-52-49-46-43-40-37-33-31-29-26-23-20-17-14-11-8-5-2/h7,10,16,19,25,28,32,34,39,42,48,51,61H,4-6,8-9,11-15,17-18,20-24,26-27,29-31,33,35-38,40-41,43-47,49-50,52-60H2,1-3H3/b10-7-,19-16-,28-25-,34-32-,42-39-,51-48-/t61-/m1/s1. The van der Waals surface area contributed by atoms with Crippen LogP contribution in [0.15, 0.2) is 72.9 Å². The van der Waals surface area contributed by atoms with Crippen LogP contribution in [0.3, 0.4) is 0 Å². The summed E-state index contributed by atoms with van der Waals surface area (Å²) in [6.07, 6.45) is 74.8. The summed E-state index contributed by atoms with van der Waals surface area (Å²) in [5.74, 6) is -0.967. The van der Waals surface area contributed by atoms with Gasteiger partial charge in [-0.3, -0.25) is 14.4 Å². The van der Waals surface area contributed by atoms with E-state index in [4.69, 9.17) is 14.2 Å². The smallest absolute Gasteiger partial charge is 0.306 e. The molecule has 0 aliphatic rings. The van der Waals surface area contributed by atoms with Crippen molar-refractivity contribution in [3.63, 3.8) is 0 Å². The van der Waals surface area contributed by atoms with Gasteiger partial charge in [-0.2, -0.15) is 0 Å². The summed E-state index contributed by atoms with van der Waals surface area (Å²) in [5.41, 5.74) is 0. The van der Waals surface area contributed by atoms with Crippen LogP contribution in [0.1, 0.15) is 297 Å². The number of allylic oxidation sites excluding steroid dienone is 12. The van der Waals surface area contributed by atoms with Crippen molar-refractivity contribution in [2.75, 3.05) is 13.2 Å². The van der Waals surface area contributed by atoms with Crippen LogP contribution in [0.2, 0.25) is 0 Å². The van der Waals surface area contributed by atoms with Crippen LogP contribution in [0.5, 0.6) is 0 Å². The molecule has 0 aliphatic heterocycles. The summed E-state index contributed by atoms with van der Waals surface area (Å²) >= 11 is 0. The van der Waals surface area contributed by atoms with E-state index in [0.29, 0.717) is 19.3 Å². The van der Waals surface area contributed by atoms with Crippen LogP contribution in [0, 0.1) is 0 Å². The predicted octanol–water partition coefficient (Wildman–Crippen LogP) is 20.2. The molecular formula is C64H112O6. The van der Waals surface area contributed by atoms with Crippen LogP contribution in [-0.2, 0) is 28.6 Å². The quantitative estimate of drug-likeness (QED) is 0.0261. The highest BCUT2D eigenvalue weighted by atomic mass is 16.6. The first-order valence-electron chi connectivity index (χ1n) is 29.9. The van der Waals surface area contributed by atoms with Crippen molar-refractivity contribution in [3.05, 3.63) is 72.9 Å². The highest BCUT2D eigenvalue weighted by Crippen LogP contribution is 2.17. The molecule has 0 heterocycles. The molecular weight excluding hydrogens is 865 g/mol. The molecule has 6 heteroatoms. The summed E-state index contributed by atoms with van der Waals surface area (Å²) < 4.78 is 16.8. The zero-order valence-electron chi connectivity index (χ0n) is 46.3. The van der Waals surface area contributed by atoms with Gasteiger partial charge >= 0.3 is 17.9 Å². The summed E-state index contributed by atoms with van der Waals surface area (Å²) in [7, 11) is 0. The third-order valence-corrected chi connectivity index (χ3v) is 13.0. The molecule has 0 saturated heterocycles. The van der Waals surface area contributed by atoms with Crippen molar-refractivity contribution in [2.24, 2.45) is 0 Å². The van der Waals surface area contributed by atoms with Gasteiger partial charge in [0.05, 0.1) is 0 Å². The van der Waals surface area contributed by atoms with Crippen LogP contribution in [-0.4, -0.2) is 37.2 Å². The highest BCUT2D eigenvalue weighted by molar-refractivity contribution is 5.71. The van der Waals surface area contributed by atoms with Gasteiger partial charge in [0.15, 0.2) is 6.10 Å². The molecule has 0 aromatic rings. The van der Waals surface area contributed by atoms with Gasteiger partial charge < -0.3 is 14.2 Å². The number of hydrogen-bond acceptors (Lipinski definition) is 6.